The minimum atomic E-state index is -0.532. The van der Waals surface area contributed by atoms with Gasteiger partial charge in [0, 0.05) is 36.6 Å². The van der Waals surface area contributed by atoms with E-state index in [1.165, 1.54) is 30.6 Å². The maximum absolute atomic E-state index is 13.2. The van der Waals surface area contributed by atoms with E-state index in [4.69, 9.17) is 34.8 Å². The second-order valence-corrected chi connectivity index (χ2v) is 7.84. The van der Waals surface area contributed by atoms with Gasteiger partial charge in [-0.05, 0) is 31.0 Å². The van der Waals surface area contributed by atoms with Gasteiger partial charge in [0.25, 0.3) is 0 Å². The quantitative estimate of drug-likeness (QED) is 0.559. The first-order valence-electron chi connectivity index (χ1n) is 8.41. The van der Waals surface area contributed by atoms with Crippen LogP contribution in [0.3, 0.4) is 0 Å². The fraction of sp³-hybridized carbons (Fsp3) is 0.333. The Morgan fingerprint density at radius 3 is 2.41 bits per heavy atom. The molecular formula is C18H18Cl3FN4O. The van der Waals surface area contributed by atoms with Gasteiger partial charge in [0.1, 0.15) is 5.82 Å². The van der Waals surface area contributed by atoms with E-state index >= 15 is 0 Å². The van der Waals surface area contributed by atoms with Crippen LogP contribution in [0.4, 0.5) is 20.6 Å². The molecule has 144 valence electrons. The highest BCUT2D eigenvalue weighted by Crippen LogP contribution is 2.41. The summed E-state index contributed by atoms with van der Waals surface area (Å²) in [6.45, 7) is 1.11. The SMILES string of the molecule is O=C(NCC1(CNc2c(Cl)cncc2Cl)CCC1)Nc1ccc(F)c(Cl)c1. The molecule has 1 aromatic heterocycles. The van der Waals surface area contributed by atoms with Gasteiger partial charge >= 0.3 is 6.03 Å². The number of nitrogens with one attached hydrogen (secondary N) is 3. The van der Waals surface area contributed by atoms with E-state index in [9.17, 15) is 9.18 Å². The summed E-state index contributed by atoms with van der Waals surface area (Å²) in [6, 6.07) is 3.65. The Bertz CT molecular complexity index is 825. The number of aromatic nitrogens is 1. The Balaban J connectivity index is 1.55. The van der Waals surface area contributed by atoms with E-state index in [1.54, 1.807) is 0 Å². The van der Waals surface area contributed by atoms with Gasteiger partial charge < -0.3 is 16.0 Å². The molecule has 0 unspecified atom stereocenters. The number of rotatable bonds is 6. The lowest BCUT2D eigenvalue weighted by molar-refractivity contribution is 0.150. The molecule has 2 aromatic rings. The molecule has 2 amide bonds. The molecule has 0 atom stereocenters. The van der Waals surface area contributed by atoms with E-state index < -0.39 is 5.82 Å². The number of anilines is 2. The number of halogens is 4. The van der Waals surface area contributed by atoms with Crippen molar-refractivity contribution in [3.63, 3.8) is 0 Å². The Hall–Kier alpha value is -1.76. The first-order valence-corrected chi connectivity index (χ1v) is 9.55. The first kappa shape index (κ1) is 20.0. The summed E-state index contributed by atoms with van der Waals surface area (Å²) in [4.78, 5) is 16.1. The zero-order chi connectivity index (χ0) is 19.4. The van der Waals surface area contributed by atoms with Crippen LogP contribution < -0.4 is 16.0 Å². The molecule has 27 heavy (non-hydrogen) atoms. The summed E-state index contributed by atoms with van der Waals surface area (Å²) in [5.41, 5.74) is 0.994. The minimum Gasteiger partial charge on any atom is -0.382 e. The van der Waals surface area contributed by atoms with Crippen LogP contribution in [-0.4, -0.2) is 24.1 Å². The van der Waals surface area contributed by atoms with Gasteiger partial charge in [0.15, 0.2) is 0 Å². The maximum atomic E-state index is 13.2. The third-order valence-electron chi connectivity index (χ3n) is 4.71. The van der Waals surface area contributed by atoms with Crippen LogP contribution in [0.2, 0.25) is 15.1 Å². The molecule has 1 heterocycles. The largest absolute Gasteiger partial charge is 0.382 e. The fourth-order valence-electron chi connectivity index (χ4n) is 2.97. The molecular weight excluding hydrogens is 414 g/mol. The number of carbonyl (C=O) groups excluding carboxylic acids is 1. The lowest BCUT2D eigenvalue weighted by Crippen LogP contribution is -2.47. The smallest absolute Gasteiger partial charge is 0.319 e. The molecule has 0 bridgehead atoms. The van der Waals surface area contributed by atoms with Gasteiger partial charge in [-0.2, -0.15) is 0 Å². The Labute approximate surface area is 171 Å². The molecule has 0 spiro atoms. The molecule has 1 aliphatic rings. The lowest BCUT2D eigenvalue weighted by Gasteiger charge is -2.42. The number of nitrogens with zero attached hydrogens (tertiary/aromatic N) is 1. The van der Waals surface area contributed by atoms with Crippen LogP contribution in [0.1, 0.15) is 19.3 Å². The van der Waals surface area contributed by atoms with Crippen molar-refractivity contribution in [2.75, 3.05) is 23.7 Å². The van der Waals surface area contributed by atoms with Crippen molar-refractivity contribution < 1.29 is 9.18 Å². The van der Waals surface area contributed by atoms with Crippen LogP contribution in [0, 0.1) is 11.2 Å². The molecule has 0 saturated heterocycles. The summed E-state index contributed by atoms with van der Waals surface area (Å²) in [5.74, 6) is -0.532. The Morgan fingerprint density at radius 1 is 1.11 bits per heavy atom. The van der Waals surface area contributed by atoms with Gasteiger partial charge in [-0.3, -0.25) is 4.98 Å². The zero-order valence-corrected chi connectivity index (χ0v) is 16.6. The highest BCUT2D eigenvalue weighted by atomic mass is 35.5. The number of urea groups is 1. The highest BCUT2D eigenvalue weighted by molar-refractivity contribution is 6.38. The van der Waals surface area contributed by atoms with Crippen molar-refractivity contribution in [3.8, 4) is 0 Å². The molecule has 1 aromatic carbocycles. The number of benzene rings is 1. The third-order valence-corrected chi connectivity index (χ3v) is 5.57. The maximum Gasteiger partial charge on any atom is 0.319 e. The Morgan fingerprint density at radius 2 is 1.81 bits per heavy atom. The number of hydrogen-bond acceptors (Lipinski definition) is 3. The monoisotopic (exact) mass is 430 g/mol. The summed E-state index contributed by atoms with van der Waals surface area (Å²) < 4.78 is 13.2. The average Bonchev–Trinajstić information content (AvgIpc) is 2.59. The van der Waals surface area contributed by atoms with Crippen LogP contribution in [0.5, 0.6) is 0 Å². The third kappa shape index (κ3) is 4.94. The highest BCUT2D eigenvalue weighted by Gasteiger charge is 2.37. The second kappa shape index (κ2) is 8.50. The van der Waals surface area contributed by atoms with Crippen molar-refractivity contribution in [3.05, 3.63) is 51.5 Å². The predicted octanol–water partition coefficient (Wildman–Crippen LogP) is 5.58. The van der Waals surface area contributed by atoms with E-state index in [0.717, 1.165) is 19.3 Å². The average molecular weight is 432 g/mol. The molecule has 9 heteroatoms. The van der Waals surface area contributed by atoms with Crippen molar-refractivity contribution in [1.82, 2.24) is 10.3 Å². The number of amides is 2. The van der Waals surface area contributed by atoms with Crippen LogP contribution in [0.15, 0.2) is 30.6 Å². The van der Waals surface area contributed by atoms with Gasteiger partial charge in [0.05, 0.1) is 20.8 Å². The van der Waals surface area contributed by atoms with E-state index in [-0.39, 0.29) is 16.5 Å². The molecule has 0 aliphatic heterocycles. The molecule has 1 saturated carbocycles. The van der Waals surface area contributed by atoms with E-state index in [1.807, 2.05) is 0 Å². The number of carbonyl (C=O) groups is 1. The van der Waals surface area contributed by atoms with Crippen LogP contribution in [0.25, 0.3) is 0 Å². The normalized spacial score (nSPS) is 15.0. The standard InChI is InChI=1S/C18H18Cl3FN4O/c19-12-6-11(2-3-15(12)22)26-17(27)25-10-18(4-1-5-18)9-24-16-13(20)7-23-8-14(16)21/h2-3,6-8H,1,4-5,9-10H2,(H,23,24)(H2,25,26,27). The number of pyridine rings is 1. The van der Waals surface area contributed by atoms with E-state index in [0.29, 0.717) is 34.5 Å². The van der Waals surface area contributed by atoms with Crippen molar-refractivity contribution in [2.45, 2.75) is 19.3 Å². The topological polar surface area (TPSA) is 66.0 Å². The first-order chi connectivity index (χ1) is 12.9. The van der Waals surface area contributed by atoms with Crippen LogP contribution >= 0.6 is 34.8 Å². The molecule has 3 N–H and O–H groups in total. The Kier molecular flexibility index (Phi) is 6.29. The molecule has 1 aliphatic carbocycles. The predicted molar refractivity (Wildman–Crippen MR) is 107 cm³/mol. The zero-order valence-electron chi connectivity index (χ0n) is 14.3. The van der Waals surface area contributed by atoms with Crippen molar-refractivity contribution >= 4 is 52.2 Å². The lowest BCUT2D eigenvalue weighted by atomic mass is 9.68. The summed E-state index contributed by atoms with van der Waals surface area (Å²) >= 11 is 18.0. The van der Waals surface area contributed by atoms with Gasteiger partial charge in [-0.15, -0.1) is 0 Å². The minimum absolute atomic E-state index is 0.0430. The van der Waals surface area contributed by atoms with Crippen LogP contribution in [-0.2, 0) is 0 Å². The fourth-order valence-corrected chi connectivity index (χ4v) is 3.64. The van der Waals surface area contributed by atoms with Gasteiger partial charge in [-0.1, -0.05) is 41.2 Å². The molecule has 0 radical (unpaired) electrons. The second-order valence-electron chi connectivity index (χ2n) is 6.62. The van der Waals surface area contributed by atoms with Gasteiger partial charge in [-0.25, -0.2) is 9.18 Å². The van der Waals surface area contributed by atoms with Crippen molar-refractivity contribution in [2.24, 2.45) is 5.41 Å². The molecule has 1 fully saturated rings. The van der Waals surface area contributed by atoms with E-state index in [2.05, 4.69) is 20.9 Å². The number of hydrogen-bond donors (Lipinski definition) is 3. The summed E-state index contributed by atoms with van der Waals surface area (Å²) in [5, 5.41) is 9.66. The van der Waals surface area contributed by atoms with Crippen molar-refractivity contribution in [1.29, 1.82) is 0 Å². The summed E-state index contributed by atoms with van der Waals surface area (Å²) in [6.07, 6.45) is 6.10. The molecule has 3 rings (SSSR count). The summed E-state index contributed by atoms with van der Waals surface area (Å²) in [7, 11) is 0. The van der Waals surface area contributed by atoms with Gasteiger partial charge in [0.2, 0.25) is 0 Å². The molecule has 5 nitrogen and oxygen atoms in total.